The van der Waals surface area contributed by atoms with Crippen LogP contribution in [0.15, 0.2) is 81.7 Å². The fraction of sp³-hybridized carbons (Fsp3) is 0.250. The number of hydrogen-bond donors (Lipinski definition) is 1. The number of carboxylic acid groups (broad SMARTS) is 1. The molecule has 3 aromatic rings. The van der Waals surface area contributed by atoms with Crippen molar-refractivity contribution in [2.45, 2.75) is 31.6 Å². The zero-order valence-electron chi connectivity index (χ0n) is 20.0. The Balaban J connectivity index is 1.44. The van der Waals surface area contributed by atoms with Gasteiger partial charge < -0.3 is 14.4 Å². The van der Waals surface area contributed by atoms with E-state index < -0.39 is 5.97 Å². The molecule has 1 aliphatic rings. The average molecular weight is 485 g/mol. The van der Waals surface area contributed by atoms with E-state index in [2.05, 4.69) is 28.1 Å². The van der Waals surface area contributed by atoms with Gasteiger partial charge in [0.1, 0.15) is 5.52 Å². The number of carboxylic acids is 1. The molecular formula is C28H28N4O4. The van der Waals surface area contributed by atoms with Gasteiger partial charge in [-0.3, -0.25) is 19.6 Å². The molecule has 0 atom stereocenters. The van der Waals surface area contributed by atoms with Crippen LogP contribution in [0.2, 0.25) is 0 Å². The topological polar surface area (TPSA) is 108 Å². The van der Waals surface area contributed by atoms with Gasteiger partial charge in [-0.2, -0.15) is 0 Å². The normalized spacial score (nSPS) is 13.9. The van der Waals surface area contributed by atoms with Crippen molar-refractivity contribution in [3.8, 4) is 0 Å². The van der Waals surface area contributed by atoms with E-state index in [0.717, 1.165) is 11.1 Å². The van der Waals surface area contributed by atoms with Crippen LogP contribution < -0.4 is 0 Å². The minimum atomic E-state index is -0.804. The summed E-state index contributed by atoms with van der Waals surface area (Å²) in [5.41, 5.74) is 3.90. The van der Waals surface area contributed by atoms with Crippen LogP contribution in [-0.2, 0) is 4.79 Å². The van der Waals surface area contributed by atoms with Crippen molar-refractivity contribution in [1.29, 1.82) is 0 Å². The van der Waals surface area contributed by atoms with Gasteiger partial charge in [0.2, 0.25) is 5.89 Å². The molecule has 0 spiro atoms. The molecule has 2 aromatic carbocycles. The number of aliphatic imine (C=N–C) groups is 2. The van der Waals surface area contributed by atoms with Crippen molar-refractivity contribution in [2.75, 3.05) is 13.1 Å². The van der Waals surface area contributed by atoms with E-state index >= 15 is 0 Å². The van der Waals surface area contributed by atoms with Gasteiger partial charge in [0.05, 0.1) is 17.3 Å². The quantitative estimate of drug-likeness (QED) is 0.208. The van der Waals surface area contributed by atoms with Crippen molar-refractivity contribution >= 4 is 46.8 Å². The van der Waals surface area contributed by atoms with Crippen molar-refractivity contribution in [3.05, 3.63) is 78.7 Å². The van der Waals surface area contributed by atoms with Crippen molar-refractivity contribution in [2.24, 2.45) is 9.98 Å². The largest absolute Gasteiger partial charge is 0.481 e. The number of allylic oxidation sites excluding steroid dienone is 2. The van der Waals surface area contributed by atoms with E-state index in [-0.39, 0.29) is 18.2 Å². The number of carbonyl (C=O) groups excluding carboxylic acids is 1. The number of benzene rings is 2. The van der Waals surface area contributed by atoms with Crippen LogP contribution >= 0.6 is 0 Å². The van der Waals surface area contributed by atoms with Crippen LogP contribution in [0.1, 0.15) is 47.8 Å². The molecule has 0 radical (unpaired) electrons. The number of fused-ring (bicyclic) bond motifs is 1. The Labute approximate surface area is 209 Å². The summed E-state index contributed by atoms with van der Waals surface area (Å²) >= 11 is 0. The molecule has 0 bridgehead atoms. The molecule has 1 fully saturated rings. The van der Waals surface area contributed by atoms with Crippen LogP contribution in [0, 0.1) is 0 Å². The van der Waals surface area contributed by atoms with E-state index in [1.165, 1.54) is 0 Å². The first-order valence-electron chi connectivity index (χ1n) is 11.8. The average Bonchev–Trinajstić information content (AvgIpc) is 3.27. The maximum absolute atomic E-state index is 13.1. The molecule has 1 aliphatic heterocycles. The maximum Gasteiger partial charge on any atom is 0.303 e. The Morgan fingerprint density at radius 1 is 1.14 bits per heavy atom. The first-order valence-corrected chi connectivity index (χ1v) is 11.8. The monoisotopic (exact) mass is 484 g/mol. The SMILES string of the molecule is C=CC(=C)C=Nc1ccc(C(=O)N2CC(c3nc4ccccc4o3)C2)cc1N=CCCCCC(=O)O. The van der Waals surface area contributed by atoms with Crippen molar-refractivity contribution in [1.82, 2.24) is 9.88 Å². The van der Waals surface area contributed by atoms with Crippen LogP contribution in [0.5, 0.6) is 0 Å². The summed E-state index contributed by atoms with van der Waals surface area (Å²) in [5.74, 6) is -0.174. The van der Waals surface area contributed by atoms with Gasteiger partial charge in [0.15, 0.2) is 5.58 Å². The lowest BCUT2D eigenvalue weighted by atomic mass is 9.98. The maximum atomic E-state index is 13.1. The van der Waals surface area contributed by atoms with Gasteiger partial charge >= 0.3 is 5.97 Å². The van der Waals surface area contributed by atoms with E-state index in [1.54, 1.807) is 41.6 Å². The minimum absolute atomic E-state index is 0.0680. The summed E-state index contributed by atoms with van der Waals surface area (Å²) in [6, 6.07) is 12.8. The molecule has 0 unspecified atom stereocenters. The molecule has 2 heterocycles. The molecule has 184 valence electrons. The van der Waals surface area contributed by atoms with Crippen LogP contribution in [0.4, 0.5) is 11.4 Å². The van der Waals surface area contributed by atoms with E-state index in [4.69, 9.17) is 9.52 Å². The first kappa shape index (κ1) is 24.8. The number of carbonyl (C=O) groups is 2. The summed E-state index contributed by atoms with van der Waals surface area (Å²) in [7, 11) is 0. The number of hydrogen-bond acceptors (Lipinski definition) is 6. The van der Waals surface area contributed by atoms with Crippen LogP contribution in [-0.4, -0.2) is 52.4 Å². The lowest BCUT2D eigenvalue weighted by Crippen LogP contribution is -2.48. The molecule has 1 saturated heterocycles. The molecular weight excluding hydrogens is 456 g/mol. The molecule has 36 heavy (non-hydrogen) atoms. The third-order valence-corrected chi connectivity index (χ3v) is 5.89. The highest BCUT2D eigenvalue weighted by molar-refractivity contribution is 5.97. The highest BCUT2D eigenvalue weighted by Gasteiger charge is 2.35. The lowest BCUT2D eigenvalue weighted by molar-refractivity contribution is -0.137. The summed E-state index contributed by atoms with van der Waals surface area (Å²) in [6.45, 7) is 8.58. The van der Waals surface area contributed by atoms with Gasteiger partial charge in [-0.15, -0.1) is 0 Å². The standard InChI is InChI=1S/C28H28N4O4/c1-3-19(2)16-30-22-13-12-20(15-24(22)29-14-8-4-5-11-26(33)34)28(35)32-17-21(18-32)27-31-23-9-6-7-10-25(23)36-27/h3,6-7,9-10,12-16,21H,1-2,4-5,8,11,17-18H2,(H,33,34). The fourth-order valence-corrected chi connectivity index (χ4v) is 3.80. The number of rotatable bonds is 11. The number of unbranched alkanes of at least 4 members (excludes halogenated alkanes) is 2. The van der Waals surface area contributed by atoms with Crippen LogP contribution in [0.3, 0.4) is 0 Å². The summed E-state index contributed by atoms with van der Waals surface area (Å²) < 4.78 is 5.85. The lowest BCUT2D eigenvalue weighted by Gasteiger charge is -2.37. The van der Waals surface area contributed by atoms with Gasteiger partial charge in [0.25, 0.3) is 5.91 Å². The van der Waals surface area contributed by atoms with Crippen LogP contribution in [0.25, 0.3) is 11.1 Å². The third kappa shape index (κ3) is 6.02. The van der Waals surface area contributed by atoms with E-state index in [9.17, 15) is 9.59 Å². The molecule has 1 amide bonds. The summed E-state index contributed by atoms with van der Waals surface area (Å²) in [5, 5.41) is 8.77. The Morgan fingerprint density at radius 3 is 2.69 bits per heavy atom. The number of aromatic nitrogens is 1. The fourth-order valence-electron chi connectivity index (χ4n) is 3.80. The van der Waals surface area contributed by atoms with Crippen molar-refractivity contribution in [3.63, 3.8) is 0 Å². The second kappa shape index (κ2) is 11.4. The zero-order chi connectivity index (χ0) is 25.5. The molecule has 0 saturated carbocycles. The summed E-state index contributed by atoms with van der Waals surface area (Å²) in [6.07, 6.45) is 6.99. The Hall–Kier alpha value is -4.33. The number of nitrogens with zero attached hydrogens (tertiary/aromatic N) is 4. The molecule has 1 N–H and O–H groups in total. The highest BCUT2D eigenvalue weighted by atomic mass is 16.4. The number of amides is 1. The molecule has 0 aliphatic carbocycles. The number of aliphatic carboxylic acids is 1. The second-order valence-electron chi connectivity index (χ2n) is 8.62. The first-order chi connectivity index (χ1) is 17.4. The number of oxazole rings is 1. The Morgan fingerprint density at radius 2 is 1.94 bits per heavy atom. The third-order valence-electron chi connectivity index (χ3n) is 5.89. The minimum Gasteiger partial charge on any atom is -0.481 e. The second-order valence-corrected chi connectivity index (χ2v) is 8.62. The van der Waals surface area contributed by atoms with E-state index in [1.807, 2.05) is 24.3 Å². The van der Waals surface area contributed by atoms with Gasteiger partial charge in [-0.05, 0) is 55.2 Å². The molecule has 8 nitrogen and oxygen atoms in total. The van der Waals surface area contributed by atoms with Gasteiger partial charge in [-0.1, -0.05) is 31.4 Å². The highest BCUT2D eigenvalue weighted by Crippen LogP contribution is 2.33. The predicted octanol–water partition coefficient (Wildman–Crippen LogP) is 5.86. The molecule has 4 rings (SSSR count). The van der Waals surface area contributed by atoms with Crippen molar-refractivity contribution < 1.29 is 19.1 Å². The van der Waals surface area contributed by atoms with Gasteiger partial charge in [-0.25, -0.2) is 4.98 Å². The number of likely N-dealkylation sites (tertiary alicyclic amines) is 1. The molecule has 1 aromatic heterocycles. The Kier molecular flexibility index (Phi) is 7.85. The molecule has 8 heteroatoms. The zero-order valence-corrected chi connectivity index (χ0v) is 20.0. The predicted molar refractivity (Wildman–Crippen MR) is 141 cm³/mol. The van der Waals surface area contributed by atoms with E-state index in [0.29, 0.717) is 60.8 Å². The smallest absolute Gasteiger partial charge is 0.303 e. The van der Waals surface area contributed by atoms with Gasteiger partial charge in [0, 0.05) is 37.5 Å². The number of para-hydroxylation sites is 2. The Bertz CT molecular complexity index is 1320. The summed E-state index contributed by atoms with van der Waals surface area (Å²) in [4.78, 5) is 39.1.